The van der Waals surface area contributed by atoms with Gasteiger partial charge >= 0.3 is 0 Å². The molecular formula is C11H11ClN6OS. The minimum absolute atomic E-state index is 0.0545. The molecule has 7 nitrogen and oxygen atoms in total. The zero-order chi connectivity index (χ0) is 16.1. The quantitative estimate of drug-likeness (QED) is 0.811. The van der Waals surface area contributed by atoms with E-state index >= 15 is 0 Å². The van der Waals surface area contributed by atoms with Gasteiger partial charge in [-0.15, -0.1) is 11.3 Å². The normalized spacial score (nSPS) is 18.1. The van der Waals surface area contributed by atoms with Gasteiger partial charge < -0.3 is 16.4 Å². The van der Waals surface area contributed by atoms with Crippen LogP contribution in [-0.4, -0.2) is 32.3 Å². The molecule has 2 aromatic heterocycles. The van der Waals surface area contributed by atoms with Gasteiger partial charge in [-0.3, -0.25) is 4.79 Å². The number of amides is 1. The van der Waals surface area contributed by atoms with Crippen LogP contribution in [0.15, 0.2) is 6.20 Å². The summed E-state index contributed by atoms with van der Waals surface area (Å²) in [6.07, 6.45) is -0.564. The van der Waals surface area contributed by atoms with E-state index in [1.807, 2.05) is 0 Å². The molecule has 0 saturated heterocycles. The smallest absolute Gasteiger partial charge is 0.276 e. The number of hydrogen-bond donors (Lipinski definition) is 2. The summed E-state index contributed by atoms with van der Waals surface area (Å²) in [5.74, 6) is -0.601. The van der Waals surface area contributed by atoms with E-state index in [1.165, 1.54) is 11.1 Å². The number of nitrogen functional groups attached to an aromatic ring is 2. The van der Waals surface area contributed by atoms with Gasteiger partial charge in [0, 0.05) is 20.5 Å². The van der Waals surface area contributed by atoms with Crippen molar-refractivity contribution >= 4 is 39.8 Å². The monoisotopic (exact) mass is 312 g/mol. The lowest BCUT2D eigenvalue weighted by Crippen LogP contribution is -2.36. The number of nitrogens with two attached hydrogens (primary N) is 2. The summed E-state index contributed by atoms with van der Waals surface area (Å²) in [4.78, 5) is 26.1. The molecule has 0 unspecified atom stereocenters. The van der Waals surface area contributed by atoms with Gasteiger partial charge in [0.05, 0.1) is 18.4 Å². The van der Waals surface area contributed by atoms with E-state index in [0.29, 0.717) is 4.88 Å². The number of anilines is 2. The Morgan fingerprint density at radius 3 is 3.05 bits per heavy atom. The molecule has 3 heterocycles. The first-order valence-electron chi connectivity index (χ1n) is 6.61. The molecule has 0 fully saturated rings. The summed E-state index contributed by atoms with van der Waals surface area (Å²) in [6.45, 7) is 0.0397. The molecule has 1 aliphatic rings. The Morgan fingerprint density at radius 2 is 2.30 bits per heavy atom. The Bertz CT molecular complexity index is 767. The van der Waals surface area contributed by atoms with Crippen LogP contribution in [0, 0.1) is 0 Å². The van der Waals surface area contributed by atoms with E-state index in [1.54, 1.807) is 0 Å². The highest BCUT2D eigenvalue weighted by atomic mass is 35.5. The minimum Gasteiger partial charge on any atom is -0.382 e. The Morgan fingerprint density at radius 1 is 1.50 bits per heavy atom. The lowest BCUT2D eigenvalue weighted by Gasteiger charge is -2.25. The molecule has 0 atom stereocenters. The number of carbonyl (C=O) groups excluding carboxylic acids is 1. The molecule has 0 bridgehead atoms. The third-order valence-electron chi connectivity index (χ3n) is 2.75. The fourth-order valence-electron chi connectivity index (χ4n) is 1.85. The number of carbonyl (C=O) groups is 1. The number of thiazole rings is 1. The molecule has 0 radical (unpaired) electrons. The predicted molar refractivity (Wildman–Crippen MR) is 76.4 cm³/mol. The minimum atomic E-state index is -1.79. The van der Waals surface area contributed by atoms with Gasteiger partial charge in [0.25, 0.3) is 5.91 Å². The SMILES string of the molecule is [2H]C1([2H])CN(C(=O)c2ncc(Cl)nc2N)Cc2sc(N)nc21. The number of rotatable bonds is 1. The van der Waals surface area contributed by atoms with Crippen molar-refractivity contribution in [3.05, 3.63) is 27.6 Å². The fraction of sp³-hybridized carbons (Fsp3) is 0.273. The van der Waals surface area contributed by atoms with Crippen LogP contribution in [0.3, 0.4) is 0 Å². The highest BCUT2D eigenvalue weighted by Gasteiger charge is 2.26. The first-order chi connectivity index (χ1) is 10.3. The predicted octanol–water partition coefficient (Wildman–Crippen LogP) is 0.949. The number of hydrogen-bond acceptors (Lipinski definition) is 7. The van der Waals surface area contributed by atoms with E-state index in [4.69, 9.17) is 25.8 Å². The molecule has 4 N–H and O–H groups in total. The Balaban J connectivity index is 1.95. The lowest BCUT2D eigenvalue weighted by molar-refractivity contribution is 0.0731. The molecule has 0 aromatic carbocycles. The van der Waals surface area contributed by atoms with Crippen LogP contribution in [0.5, 0.6) is 0 Å². The van der Waals surface area contributed by atoms with Crippen LogP contribution >= 0.6 is 22.9 Å². The second kappa shape index (κ2) is 4.88. The van der Waals surface area contributed by atoms with E-state index in [2.05, 4.69) is 15.0 Å². The molecule has 9 heteroatoms. The number of fused-ring (bicyclic) bond motifs is 1. The molecule has 20 heavy (non-hydrogen) atoms. The van der Waals surface area contributed by atoms with Crippen molar-refractivity contribution in [2.45, 2.75) is 12.9 Å². The highest BCUT2D eigenvalue weighted by molar-refractivity contribution is 7.15. The van der Waals surface area contributed by atoms with E-state index < -0.39 is 12.3 Å². The van der Waals surface area contributed by atoms with Gasteiger partial charge in [0.1, 0.15) is 5.15 Å². The zero-order valence-electron chi connectivity index (χ0n) is 12.1. The van der Waals surface area contributed by atoms with E-state index in [0.717, 1.165) is 11.3 Å². The third kappa shape index (κ3) is 2.27. The topological polar surface area (TPSA) is 111 Å². The van der Waals surface area contributed by atoms with Crippen molar-refractivity contribution in [3.63, 3.8) is 0 Å². The summed E-state index contributed by atoms with van der Waals surface area (Å²) in [7, 11) is 0. The Hall–Kier alpha value is -1.93. The van der Waals surface area contributed by atoms with Gasteiger partial charge in [-0.1, -0.05) is 11.6 Å². The second-order valence-electron chi connectivity index (χ2n) is 4.09. The van der Waals surface area contributed by atoms with E-state index in [-0.39, 0.29) is 40.6 Å². The number of halogens is 1. The van der Waals surface area contributed by atoms with Crippen molar-refractivity contribution in [3.8, 4) is 0 Å². The van der Waals surface area contributed by atoms with Gasteiger partial charge in [0.15, 0.2) is 16.6 Å². The van der Waals surface area contributed by atoms with Gasteiger partial charge in [-0.25, -0.2) is 15.0 Å². The fourth-order valence-corrected chi connectivity index (χ4v) is 2.82. The zero-order valence-corrected chi connectivity index (χ0v) is 11.7. The summed E-state index contributed by atoms with van der Waals surface area (Å²) in [5, 5.41) is 0.356. The molecule has 3 rings (SSSR count). The molecule has 1 amide bonds. The highest BCUT2D eigenvalue weighted by Crippen LogP contribution is 2.27. The van der Waals surface area contributed by atoms with Crippen molar-refractivity contribution in [2.75, 3.05) is 18.0 Å². The van der Waals surface area contributed by atoms with Crippen LogP contribution in [0.25, 0.3) is 0 Å². The average molecular weight is 313 g/mol. The maximum absolute atomic E-state index is 12.5. The van der Waals surface area contributed by atoms with Crippen molar-refractivity contribution < 1.29 is 7.54 Å². The van der Waals surface area contributed by atoms with Crippen molar-refractivity contribution in [1.82, 2.24) is 19.9 Å². The van der Waals surface area contributed by atoms with Gasteiger partial charge in [-0.05, 0) is 0 Å². The molecule has 104 valence electrons. The summed E-state index contributed by atoms with van der Waals surface area (Å²) >= 11 is 6.82. The van der Waals surface area contributed by atoms with Crippen LogP contribution in [0.1, 0.15) is 23.8 Å². The first kappa shape index (κ1) is 10.8. The lowest BCUT2D eigenvalue weighted by atomic mass is 10.1. The average Bonchev–Trinajstić information content (AvgIpc) is 2.79. The molecule has 0 spiro atoms. The maximum Gasteiger partial charge on any atom is 0.276 e. The second-order valence-corrected chi connectivity index (χ2v) is 5.59. The van der Waals surface area contributed by atoms with Crippen molar-refractivity contribution in [1.29, 1.82) is 0 Å². The van der Waals surface area contributed by atoms with Crippen LogP contribution in [0.4, 0.5) is 10.9 Å². The molecular weight excluding hydrogens is 300 g/mol. The largest absolute Gasteiger partial charge is 0.382 e. The van der Waals surface area contributed by atoms with Crippen LogP contribution in [0.2, 0.25) is 5.15 Å². The summed E-state index contributed by atoms with van der Waals surface area (Å²) in [5.41, 5.74) is 11.5. The summed E-state index contributed by atoms with van der Waals surface area (Å²) < 4.78 is 16.1. The maximum atomic E-state index is 12.5. The van der Waals surface area contributed by atoms with Crippen LogP contribution < -0.4 is 11.5 Å². The van der Waals surface area contributed by atoms with Gasteiger partial charge in [-0.2, -0.15) is 0 Å². The Labute approximate surface area is 126 Å². The van der Waals surface area contributed by atoms with Crippen LogP contribution in [-0.2, 0) is 12.9 Å². The number of aromatic nitrogens is 3. The van der Waals surface area contributed by atoms with Crippen molar-refractivity contribution in [2.24, 2.45) is 0 Å². The van der Waals surface area contributed by atoms with Gasteiger partial charge in [0.2, 0.25) is 0 Å². The molecule has 0 saturated carbocycles. The summed E-state index contributed by atoms with van der Waals surface area (Å²) in [6, 6.07) is 0. The Kier molecular flexibility index (Phi) is 2.64. The standard InChI is InChI=1S/C11H11ClN6OS/c12-7-3-15-8(9(13)17-7)10(19)18-2-1-5-6(4-18)20-11(14)16-5/h3H,1-2,4H2,(H2,13,17)(H2,14,16)/i1D2. The third-order valence-corrected chi connectivity index (χ3v) is 3.80. The van der Waals surface area contributed by atoms with E-state index in [9.17, 15) is 4.79 Å². The molecule has 1 aliphatic heterocycles. The molecule has 2 aromatic rings. The molecule has 0 aliphatic carbocycles. The number of nitrogens with zero attached hydrogens (tertiary/aromatic N) is 4. The first-order valence-corrected chi connectivity index (χ1v) is 6.80.